The Morgan fingerprint density at radius 2 is 1.34 bits per heavy atom. The summed E-state index contributed by atoms with van der Waals surface area (Å²) < 4.78 is 20.2. The van der Waals surface area contributed by atoms with E-state index in [1.165, 1.54) is 6.07 Å². The van der Waals surface area contributed by atoms with Crippen molar-refractivity contribution in [2.75, 3.05) is 4.90 Å². The number of ether oxygens (including phenoxy) is 1. The fraction of sp³-hybridized carbons (Fsp3) is 0.135. The summed E-state index contributed by atoms with van der Waals surface area (Å²) >= 11 is 0. The number of halogens is 1. The molecule has 0 saturated carbocycles. The van der Waals surface area contributed by atoms with Crippen LogP contribution in [-0.2, 0) is 29.2 Å². The highest BCUT2D eigenvalue weighted by molar-refractivity contribution is 5.96. The topological polar surface area (TPSA) is 84.7 Å². The van der Waals surface area contributed by atoms with Crippen molar-refractivity contribution in [3.05, 3.63) is 150 Å². The fourth-order valence-corrected chi connectivity index (χ4v) is 4.79. The molecule has 2 amide bonds. The smallest absolute Gasteiger partial charge is 0.227 e. The Kier molecular flexibility index (Phi) is 10.1. The average molecular weight is 588 g/mol. The molecule has 0 heterocycles. The van der Waals surface area contributed by atoms with E-state index in [2.05, 4.69) is 17.4 Å². The zero-order valence-corrected chi connectivity index (χ0v) is 24.3. The molecular weight excluding hydrogens is 553 g/mol. The molecule has 0 aliphatic carbocycles. The van der Waals surface area contributed by atoms with Gasteiger partial charge in [-0.3, -0.25) is 9.59 Å². The molecule has 0 bridgehead atoms. The predicted molar refractivity (Wildman–Crippen MR) is 171 cm³/mol. The number of carbonyl (C=O) groups excluding carboxylic acids is 2. The summed E-state index contributed by atoms with van der Waals surface area (Å²) in [6.45, 7) is 0.754. The van der Waals surface area contributed by atoms with E-state index in [1.54, 1.807) is 23.1 Å². The minimum atomic E-state index is -0.386. The molecule has 0 radical (unpaired) electrons. The Morgan fingerprint density at radius 3 is 2.07 bits per heavy atom. The van der Waals surface area contributed by atoms with Crippen LogP contribution in [0.2, 0.25) is 0 Å². The number of rotatable bonds is 12. The fourth-order valence-electron chi connectivity index (χ4n) is 4.79. The Bertz CT molecular complexity index is 1690. The van der Waals surface area contributed by atoms with Gasteiger partial charge in [-0.1, -0.05) is 97.1 Å². The van der Waals surface area contributed by atoms with E-state index in [0.717, 1.165) is 22.3 Å². The van der Waals surface area contributed by atoms with Gasteiger partial charge >= 0.3 is 0 Å². The van der Waals surface area contributed by atoms with Crippen LogP contribution >= 0.6 is 0 Å². The van der Waals surface area contributed by atoms with Gasteiger partial charge in [-0.15, -0.1) is 0 Å². The van der Waals surface area contributed by atoms with Gasteiger partial charge in [0.25, 0.3) is 0 Å². The van der Waals surface area contributed by atoms with Crippen LogP contribution in [0.1, 0.15) is 29.5 Å². The lowest BCUT2D eigenvalue weighted by Gasteiger charge is -2.25. The predicted octanol–water partition coefficient (Wildman–Crippen LogP) is 7.37. The van der Waals surface area contributed by atoms with Crippen molar-refractivity contribution in [1.82, 2.24) is 5.32 Å². The van der Waals surface area contributed by atoms with Gasteiger partial charge in [-0.05, 0) is 52.6 Å². The van der Waals surface area contributed by atoms with E-state index in [9.17, 15) is 14.0 Å². The molecule has 0 aliphatic rings. The summed E-state index contributed by atoms with van der Waals surface area (Å²) in [4.78, 5) is 28.1. The molecule has 44 heavy (non-hydrogen) atoms. The molecule has 0 saturated heterocycles. The number of nitrogens with two attached hydrogens (primary N) is 1. The van der Waals surface area contributed by atoms with Crippen LogP contribution in [0.25, 0.3) is 11.1 Å². The van der Waals surface area contributed by atoms with Gasteiger partial charge in [-0.25, -0.2) is 4.39 Å². The highest BCUT2D eigenvalue weighted by Crippen LogP contribution is 2.34. The maximum absolute atomic E-state index is 14.0. The number of nitrogens with zero attached hydrogens (tertiary/aromatic N) is 1. The van der Waals surface area contributed by atoms with Crippen molar-refractivity contribution in [3.63, 3.8) is 0 Å². The van der Waals surface area contributed by atoms with Gasteiger partial charge < -0.3 is 20.7 Å². The molecule has 5 aromatic rings. The molecule has 0 spiro atoms. The van der Waals surface area contributed by atoms with Gasteiger partial charge in [0.15, 0.2) is 5.75 Å². The van der Waals surface area contributed by atoms with Crippen molar-refractivity contribution >= 4 is 17.5 Å². The van der Waals surface area contributed by atoms with Crippen LogP contribution in [0.15, 0.2) is 127 Å². The normalized spacial score (nSPS) is 10.7. The first-order valence-corrected chi connectivity index (χ1v) is 14.5. The van der Waals surface area contributed by atoms with Crippen LogP contribution in [0, 0.1) is 5.82 Å². The number of benzene rings is 5. The lowest BCUT2D eigenvalue weighted by molar-refractivity contribution is -0.125. The number of carbonyl (C=O) groups is 2. The van der Waals surface area contributed by atoms with E-state index >= 15 is 0 Å². The first-order chi connectivity index (χ1) is 21.5. The van der Waals surface area contributed by atoms with Crippen molar-refractivity contribution in [2.24, 2.45) is 5.73 Å². The molecule has 0 aromatic heterocycles. The second kappa shape index (κ2) is 14.8. The third-order valence-corrected chi connectivity index (χ3v) is 7.25. The first-order valence-electron chi connectivity index (χ1n) is 14.5. The van der Waals surface area contributed by atoms with E-state index in [1.807, 2.05) is 91.0 Å². The summed E-state index contributed by atoms with van der Waals surface area (Å²) in [5, 5.41) is 2.72. The lowest BCUT2D eigenvalue weighted by atomic mass is 10.0. The number of nitrogens with one attached hydrogen (secondary N) is 1. The highest BCUT2D eigenvalue weighted by atomic mass is 19.1. The largest absolute Gasteiger partial charge is 0.455 e. The number of hydrogen-bond donors (Lipinski definition) is 2. The van der Waals surface area contributed by atoms with Gasteiger partial charge in [-0.2, -0.15) is 0 Å². The lowest BCUT2D eigenvalue weighted by Crippen LogP contribution is -2.32. The van der Waals surface area contributed by atoms with Crippen molar-refractivity contribution in [1.29, 1.82) is 0 Å². The first kappa shape index (κ1) is 30.2. The quantitative estimate of drug-likeness (QED) is 0.160. The number of amides is 2. The van der Waals surface area contributed by atoms with Crippen LogP contribution < -0.4 is 20.7 Å². The van der Waals surface area contributed by atoms with Crippen molar-refractivity contribution < 1.29 is 18.7 Å². The third-order valence-electron chi connectivity index (χ3n) is 7.25. The minimum absolute atomic E-state index is 0.0370. The molecule has 0 atom stereocenters. The van der Waals surface area contributed by atoms with Gasteiger partial charge in [0.2, 0.25) is 11.8 Å². The molecular formula is C37H34FN3O3. The van der Waals surface area contributed by atoms with Crippen molar-refractivity contribution in [2.45, 2.75) is 32.5 Å². The van der Waals surface area contributed by atoms with E-state index < -0.39 is 0 Å². The summed E-state index contributed by atoms with van der Waals surface area (Å²) in [6, 6.07) is 39.2. The summed E-state index contributed by atoms with van der Waals surface area (Å²) in [7, 11) is 0. The summed E-state index contributed by atoms with van der Waals surface area (Å²) in [6.07, 6.45) is -0.0783. The molecule has 0 aliphatic heterocycles. The highest BCUT2D eigenvalue weighted by Gasteiger charge is 2.21. The van der Waals surface area contributed by atoms with Crippen LogP contribution in [0.5, 0.6) is 11.5 Å². The Hall–Kier alpha value is -5.27. The van der Waals surface area contributed by atoms with E-state index in [0.29, 0.717) is 29.3 Å². The van der Waals surface area contributed by atoms with Gasteiger partial charge in [0.1, 0.15) is 11.6 Å². The SMILES string of the molecule is NCc1ccc(Oc2ccccc2N(Cc2ccc(-c3ccccc3)cc2)C(=O)CCC(=O)NCc2ccccc2F)cc1. The second-order valence-corrected chi connectivity index (χ2v) is 10.3. The third kappa shape index (κ3) is 7.96. The Labute approximate surface area is 256 Å². The molecule has 7 heteroatoms. The van der Waals surface area contributed by atoms with Crippen LogP contribution in [0.4, 0.5) is 10.1 Å². The van der Waals surface area contributed by atoms with Crippen LogP contribution in [-0.4, -0.2) is 11.8 Å². The zero-order valence-electron chi connectivity index (χ0n) is 24.3. The Morgan fingerprint density at radius 1 is 0.705 bits per heavy atom. The molecule has 0 unspecified atom stereocenters. The minimum Gasteiger partial charge on any atom is -0.455 e. The molecule has 3 N–H and O–H groups in total. The van der Waals surface area contributed by atoms with Gasteiger partial charge in [0, 0.05) is 31.5 Å². The van der Waals surface area contributed by atoms with E-state index in [4.69, 9.17) is 10.5 Å². The number of para-hydroxylation sites is 2. The van der Waals surface area contributed by atoms with Crippen LogP contribution in [0.3, 0.4) is 0 Å². The molecule has 5 rings (SSSR count). The van der Waals surface area contributed by atoms with Crippen molar-refractivity contribution in [3.8, 4) is 22.6 Å². The monoisotopic (exact) mass is 587 g/mol. The van der Waals surface area contributed by atoms with Gasteiger partial charge in [0.05, 0.1) is 12.2 Å². The number of anilines is 1. The maximum atomic E-state index is 14.0. The zero-order chi connectivity index (χ0) is 30.7. The second-order valence-electron chi connectivity index (χ2n) is 10.3. The Balaban J connectivity index is 1.35. The summed E-state index contributed by atoms with van der Waals surface area (Å²) in [5.74, 6) is 0.154. The molecule has 222 valence electrons. The average Bonchev–Trinajstić information content (AvgIpc) is 3.07. The maximum Gasteiger partial charge on any atom is 0.227 e. The molecule has 6 nitrogen and oxygen atoms in total. The number of hydrogen-bond acceptors (Lipinski definition) is 4. The molecule has 0 fully saturated rings. The standard InChI is InChI=1S/C37H34FN3O3/c38-33-11-5-4-10-31(33)25-40-36(42)22-23-37(43)41(26-28-14-18-30(19-15-28)29-8-2-1-3-9-29)34-12-6-7-13-35(34)44-32-20-16-27(24-39)17-21-32/h1-21H,22-26,39H2,(H,40,42). The molecule has 5 aromatic carbocycles. The van der Waals surface area contributed by atoms with E-state index in [-0.39, 0.29) is 43.6 Å². The summed E-state index contributed by atoms with van der Waals surface area (Å²) in [5.41, 5.74) is 10.8.